The first-order chi connectivity index (χ1) is 12.9. The van der Waals surface area contributed by atoms with Crippen LogP contribution in [0.25, 0.3) is 0 Å². The second-order valence-electron chi connectivity index (χ2n) is 7.07. The molecule has 1 amide bonds. The minimum atomic E-state index is -0.950. The number of carboxylic acids is 1. The maximum absolute atomic E-state index is 12.8. The largest absolute Gasteiger partial charge is 0.481 e. The van der Waals surface area contributed by atoms with Gasteiger partial charge in [0, 0.05) is 19.2 Å². The molecule has 1 fully saturated rings. The van der Waals surface area contributed by atoms with Gasteiger partial charge in [-0.05, 0) is 38.3 Å². The summed E-state index contributed by atoms with van der Waals surface area (Å²) in [5.74, 6) is -0.625. The zero-order valence-electron chi connectivity index (χ0n) is 15.6. The molecule has 0 bridgehead atoms. The van der Waals surface area contributed by atoms with E-state index in [9.17, 15) is 14.7 Å². The van der Waals surface area contributed by atoms with Crippen molar-refractivity contribution in [1.29, 1.82) is 0 Å². The van der Waals surface area contributed by atoms with E-state index in [-0.39, 0.29) is 12.0 Å². The quantitative estimate of drug-likeness (QED) is 0.877. The number of likely N-dealkylation sites (tertiary alicyclic amines) is 1. The van der Waals surface area contributed by atoms with Gasteiger partial charge in [-0.2, -0.15) is 0 Å². The Hall–Kier alpha value is -2.89. The predicted octanol–water partition coefficient (Wildman–Crippen LogP) is 3.13. The molecule has 1 aliphatic rings. The number of carbonyl (C=O) groups excluding carboxylic acids is 1. The molecule has 1 aliphatic heterocycles. The summed E-state index contributed by atoms with van der Waals surface area (Å²) in [6.07, 6.45) is 0.723. The Morgan fingerprint density at radius 2 is 1.74 bits per heavy atom. The number of benzene rings is 1. The van der Waals surface area contributed by atoms with Gasteiger partial charge in [-0.15, -0.1) is 0 Å². The first kappa shape index (κ1) is 18.9. The molecule has 0 aliphatic carbocycles. The van der Waals surface area contributed by atoms with E-state index in [1.807, 2.05) is 44.2 Å². The van der Waals surface area contributed by atoms with Crippen LogP contribution >= 0.6 is 0 Å². The summed E-state index contributed by atoms with van der Waals surface area (Å²) >= 11 is 0. The molecular weight excluding hydrogens is 344 g/mol. The summed E-state index contributed by atoms with van der Waals surface area (Å²) in [5.41, 5.74) is 0.152. The Morgan fingerprint density at radius 1 is 1.07 bits per heavy atom. The predicted molar refractivity (Wildman–Crippen MR) is 101 cm³/mol. The second kappa shape index (κ2) is 7.78. The highest BCUT2D eigenvalue weighted by molar-refractivity contribution is 5.93. The smallest absolute Gasteiger partial charge is 0.314 e. The first-order valence-corrected chi connectivity index (χ1v) is 9.14. The zero-order valence-corrected chi connectivity index (χ0v) is 15.6. The number of nitrogens with zero attached hydrogens (tertiary/aromatic N) is 2. The molecule has 0 saturated carbocycles. The third kappa shape index (κ3) is 3.94. The van der Waals surface area contributed by atoms with Crippen LogP contribution in [0.5, 0.6) is 5.88 Å². The Labute approximate surface area is 158 Å². The number of amides is 1. The van der Waals surface area contributed by atoms with E-state index in [2.05, 4.69) is 4.98 Å². The van der Waals surface area contributed by atoms with Gasteiger partial charge in [0.1, 0.15) is 5.69 Å². The molecular formula is C21H24N2O4. The normalized spacial score (nSPS) is 16.2. The molecule has 0 spiro atoms. The zero-order chi connectivity index (χ0) is 19.4. The van der Waals surface area contributed by atoms with Crippen LogP contribution in [-0.4, -0.2) is 46.1 Å². The van der Waals surface area contributed by atoms with Crippen molar-refractivity contribution in [1.82, 2.24) is 9.88 Å². The number of hydrogen-bond donors (Lipinski definition) is 1. The molecule has 1 aromatic carbocycles. The van der Waals surface area contributed by atoms with Crippen LogP contribution in [0, 0.1) is 0 Å². The van der Waals surface area contributed by atoms with Crippen molar-refractivity contribution >= 4 is 11.9 Å². The van der Waals surface area contributed by atoms with Crippen molar-refractivity contribution in [3.05, 3.63) is 59.8 Å². The third-order valence-corrected chi connectivity index (χ3v) is 4.94. The molecule has 0 atom stereocenters. The highest BCUT2D eigenvalue weighted by Crippen LogP contribution is 2.36. The number of carboxylic acid groups (broad SMARTS) is 1. The molecule has 6 heteroatoms. The summed E-state index contributed by atoms with van der Waals surface area (Å²) in [5, 5.41) is 9.87. The number of rotatable bonds is 5. The van der Waals surface area contributed by atoms with Gasteiger partial charge < -0.3 is 14.7 Å². The fourth-order valence-corrected chi connectivity index (χ4v) is 3.48. The van der Waals surface area contributed by atoms with Gasteiger partial charge in [-0.1, -0.05) is 36.4 Å². The summed E-state index contributed by atoms with van der Waals surface area (Å²) in [4.78, 5) is 30.8. The van der Waals surface area contributed by atoms with Crippen LogP contribution in [0.4, 0.5) is 0 Å². The van der Waals surface area contributed by atoms with Crippen molar-refractivity contribution < 1.29 is 19.4 Å². The van der Waals surface area contributed by atoms with Crippen molar-refractivity contribution in [3.8, 4) is 5.88 Å². The van der Waals surface area contributed by atoms with E-state index in [0.717, 1.165) is 5.56 Å². The second-order valence-corrected chi connectivity index (χ2v) is 7.07. The van der Waals surface area contributed by atoms with Gasteiger partial charge in [-0.25, -0.2) is 4.98 Å². The number of ether oxygens (including phenoxy) is 1. The molecule has 6 nitrogen and oxygen atoms in total. The van der Waals surface area contributed by atoms with Gasteiger partial charge in [0.15, 0.2) is 0 Å². The van der Waals surface area contributed by atoms with Gasteiger partial charge in [0.25, 0.3) is 5.91 Å². The van der Waals surface area contributed by atoms with Crippen LogP contribution < -0.4 is 4.74 Å². The van der Waals surface area contributed by atoms with Crippen molar-refractivity contribution in [2.75, 3.05) is 13.1 Å². The fourth-order valence-electron chi connectivity index (χ4n) is 3.48. The lowest BCUT2D eigenvalue weighted by atomic mass is 9.73. The average Bonchev–Trinajstić information content (AvgIpc) is 2.67. The highest BCUT2D eigenvalue weighted by Gasteiger charge is 2.44. The molecule has 2 heterocycles. The SMILES string of the molecule is CC(C)Oc1cccc(C(=O)N2CCC(C(=O)O)(c3ccccc3)CC2)n1. The number of piperidine rings is 1. The molecule has 0 unspecified atom stereocenters. The third-order valence-electron chi connectivity index (χ3n) is 4.94. The minimum absolute atomic E-state index is 0.0279. The Balaban J connectivity index is 1.75. The van der Waals surface area contributed by atoms with Gasteiger partial charge in [-0.3, -0.25) is 9.59 Å². The topological polar surface area (TPSA) is 79.7 Å². The Kier molecular flexibility index (Phi) is 5.44. The van der Waals surface area contributed by atoms with Crippen molar-refractivity contribution in [3.63, 3.8) is 0 Å². The van der Waals surface area contributed by atoms with E-state index in [4.69, 9.17) is 4.74 Å². The Morgan fingerprint density at radius 3 is 2.33 bits per heavy atom. The van der Waals surface area contributed by atoms with Gasteiger partial charge in [0.05, 0.1) is 11.5 Å². The van der Waals surface area contributed by atoms with Gasteiger partial charge >= 0.3 is 5.97 Å². The maximum atomic E-state index is 12.8. The molecule has 27 heavy (non-hydrogen) atoms. The number of carbonyl (C=O) groups is 2. The molecule has 142 valence electrons. The lowest BCUT2D eigenvalue weighted by Crippen LogP contribution is -2.49. The summed E-state index contributed by atoms with van der Waals surface area (Å²) < 4.78 is 5.56. The van der Waals surface area contributed by atoms with Crippen LogP contribution in [0.2, 0.25) is 0 Å². The van der Waals surface area contributed by atoms with Crippen molar-refractivity contribution in [2.45, 2.75) is 38.2 Å². The maximum Gasteiger partial charge on any atom is 0.314 e. The summed E-state index contributed by atoms with van der Waals surface area (Å²) in [7, 11) is 0. The van der Waals surface area contributed by atoms with E-state index in [1.54, 1.807) is 23.1 Å². The standard InChI is InChI=1S/C21H24N2O4/c1-15(2)27-18-10-6-9-17(22-18)19(24)23-13-11-21(12-14-23,20(25)26)16-7-4-3-5-8-16/h3-10,15H,11-14H2,1-2H3,(H,25,26). The number of aromatic nitrogens is 1. The van der Waals surface area contributed by atoms with E-state index >= 15 is 0 Å². The van der Waals surface area contributed by atoms with E-state index < -0.39 is 11.4 Å². The molecule has 0 radical (unpaired) electrons. The van der Waals surface area contributed by atoms with Crippen LogP contribution in [-0.2, 0) is 10.2 Å². The number of pyridine rings is 1. The molecule has 1 N–H and O–H groups in total. The van der Waals surface area contributed by atoms with Crippen molar-refractivity contribution in [2.24, 2.45) is 0 Å². The number of hydrogen-bond acceptors (Lipinski definition) is 4. The molecule has 2 aromatic rings. The summed E-state index contributed by atoms with van der Waals surface area (Å²) in [6, 6.07) is 14.4. The lowest BCUT2D eigenvalue weighted by Gasteiger charge is -2.39. The first-order valence-electron chi connectivity index (χ1n) is 9.14. The molecule has 1 saturated heterocycles. The Bertz CT molecular complexity index is 812. The monoisotopic (exact) mass is 368 g/mol. The van der Waals surface area contributed by atoms with Gasteiger partial charge in [0.2, 0.25) is 5.88 Å². The lowest BCUT2D eigenvalue weighted by molar-refractivity contribution is -0.145. The van der Waals surface area contributed by atoms with E-state index in [1.165, 1.54) is 0 Å². The molecule has 3 rings (SSSR count). The van der Waals surface area contributed by atoms with Crippen LogP contribution in [0.1, 0.15) is 42.7 Å². The summed E-state index contributed by atoms with van der Waals surface area (Å²) in [6.45, 7) is 4.54. The fraction of sp³-hybridized carbons (Fsp3) is 0.381. The minimum Gasteiger partial charge on any atom is -0.481 e. The molecule has 1 aromatic heterocycles. The van der Waals surface area contributed by atoms with Crippen LogP contribution in [0.3, 0.4) is 0 Å². The highest BCUT2D eigenvalue weighted by atomic mass is 16.5. The van der Waals surface area contributed by atoms with E-state index in [0.29, 0.717) is 37.5 Å². The number of aliphatic carboxylic acids is 1. The van der Waals surface area contributed by atoms with Crippen LogP contribution in [0.15, 0.2) is 48.5 Å². The average molecular weight is 368 g/mol.